The molecule has 0 saturated carbocycles. The summed E-state index contributed by atoms with van der Waals surface area (Å²) in [7, 11) is 0. The molecule has 2 nitrogen and oxygen atoms in total. The molecule has 12 rings (SSSR count). The molecule has 11 aromatic rings. The summed E-state index contributed by atoms with van der Waals surface area (Å²) in [5, 5.41) is 5.00. The molecule has 0 aliphatic heterocycles. The van der Waals surface area contributed by atoms with E-state index in [2.05, 4.69) is 228 Å². The van der Waals surface area contributed by atoms with Gasteiger partial charge in [0.25, 0.3) is 0 Å². The molecule has 9 aromatic carbocycles. The monoisotopic (exact) mass is 724 g/mol. The van der Waals surface area contributed by atoms with E-state index >= 15 is 0 Å². The maximum Gasteiger partial charge on any atom is 0.0734 e. The summed E-state index contributed by atoms with van der Waals surface area (Å²) in [6.07, 6.45) is 0. The van der Waals surface area contributed by atoms with E-state index in [1.54, 1.807) is 0 Å². The van der Waals surface area contributed by atoms with Crippen LogP contribution in [0, 0.1) is 0 Å². The van der Waals surface area contributed by atoms with E-state index in [9.17, 15) is 0 Å². The first-order valence-electron chi connectivity index (χ1n) is 19.8. The van der Waals surface area contributed by atoms with Gasteiger partial charge in [0.2, 0.25) is 0 Å². The Bertz CT molecular complexity index is 3290. The van der Waals surface area contributed by atoms with Gasteiger partial charge in [-0.2, -0.15) is 0 Å². The summed E-state index contributed by atoms with van der Waals surface area (Å²) in [4.78, 5) is 0. The molecule has 2 aromatic heterocycles. The van der Waals surface area contributed by atoms with Crippen molar-refractivity contribution in [3.63, 3.8) is 0 Å². The molecule has 0 amide bonds. The van der Waals surface area contributed by atoms with E-state index in [1.807, 2.05) is 0 Å². The Morgan fingerprint density at radius 1 is 0.316 bits per heavy atom. The smallest absolute Gasteiger partial charge is 0.0734 e. The Morgan fingerprint density at radius 3 is 1.42 bits per heavy atom. The maximum absolute atomic E-state index is 2.52. The third-order valence-corrected chi connectivity index (χ3v) is 12.4. The van der Waals surface area contributed by atoms with E-state index in [0.717, 1.165) is 0 Å². The molecule has 0 bridgehead atoms. The van der Waals surface area contributed by atoms with Crippen LogP contribution in [0.4, 0.5) is 0 Å². The predicted octanol–water partition coefficient (Wildman–Crippen LogP) is 13.9. The zero-order valence-corrected chi connectivity index (χ0v) is 31.2. The maximum atomic E-state index is 2.52. The summed E-state index contributed by atoms with van der Waals surface area (Å²) in [6, 6.07) is 80.5. The van der Waals surface area contributed by atoms with Gasteiger partial charge in [-0.1, -0.05) is 164 Å². The van der Waals surface area contributed by atoms with Crippen LogP contribution in [-0.4, -0.2) is 9.13 Å². The average Bonchev–Trinajstić information content (AvgIpc) is 3.91. The number of hydrogen-bond acceptors (Lipinski definition) is 0. The second-order valence-corrected chi connectivity index (χ2v) is 15.2. The van der Waals surface area contributed by atoms with E-state index in [1.165, 1.54) is 99.5 Å². The SMILES string of the molecule is c1ccc(-n2c3ccccc3c3cc(-c4ccc5c(c4)c4ccccc4n5-c4cccc5c4C(c4ccccc4)(c4ccccc4)c4ccccc4-5)ccc32)cc1. The van der Waals surface area contributed by atoms with Gasteiger partial charge in [-0.25, -0.2) is 0 Å². The summed E-state index contributed by atoms with van der Waals surface area (Å²) in [5.41, 5.74) is 16.8. The van der Waals surface area contributed by atoms with Crippen molar-refractivity contribution in [1.29, 1.82) is 0 Å². The van der Waals surface area contributed by atoms with Crippen molar-refractivity contribution in [2.24, 2.45) is 0 Å². The highest BCUT2D eigenvalue weighted by Crippen LogP contribution is 2.58. The van der Waals surface area contributed by atoms with Crippen molar-refractivity contribution in [2.45, 2.75) is 5.41 Å². The zero-order chi connectivity index (χ0) is 37.5. The molecule has 57 heavy (non-hydrogen) atoms. The van der Waals surface area contributed by atoms with Crippen LogP contribution in [0.2, 0.25) is 0 Å². The lowest BCUT2D eigenvalue weighted by atomic mass is 9.67. The lowest BCUT2D eigenvalue weighted by Gasteiger charge is -2.35. The number of para-hydroxylation sites is 3. The van der Waals surface area contributed by atoms with E-state index in [-0.39, 0.29) is 0 Å². The molecule has 0 spiro atoms. The molecule has 0 fully saturated rings. The number of aromatic nitrogens is 2. The third-order valence-electron chi connectivity index (χ3n) is 12.4. The van der Waals surface area contributed by atoms with Gasteiger partial charge in [0.15, 0.2) is 0 Å². The molecular formula is C55H36N2. The van der Waals surface area contributed by atoms with Gasteiger partial charge in [-0.15, -0.1) is 0 Å². The van der Waals surface area contributed by atoms with Crippen LogP contribution in [0.5, 0.6) is 0 Å². The summed E-state index contributed by atoms with van der Waals surface area (Å²) >= 11 is 0. The fourth-order valence-electron chi connectivity index (χ4n) is 10.1. The normalized spacial score (nSPS) is 13.1. The van der Waals surface area contributed by atoms with Gasteiger partial charge in [0.1, 0.15) is 0 Å². The molecule has 1 aliphatic rings. The van der Waals surface area contributed by atoms with Crippen molar-refractivity contribution in [2.75, 3.05) is 0 Å². The molecule has 0 N–H and O–H groups in total. The molecular weight excluding hydrogens is 689 g/mol. The molecule has 0 radical (unpaired) electrons. The highest BCUT2D eigenvalue weighted by atomic mass is 15.0. The Morgan fingerprint density at radius 2 is 0.789 bits per heavy atom. The van der Waals surface area contributed by atoms with Crippen molar-refractivity contribution < 1.29 is 0 Å². The van der Waals surface area contributed by atoms with Crippen LogP contribution in [0.15, 0.2) is 218 Å². The summed E-state index contributed by atoms with van der Waals surface area (Å²) < 4.78 is 4.91. The van der Waals surface area contributed by atoms with Gasteiger partial charge in [0, 0.05) is 32.8 Å². The third kappa shape index (κ3) is 4.47. The van der Waals surface area contributed by atoms with Crippen LogP contribution in [0.25, 0.3) is 77.2 Å². The number of nitrogens with zero attached hydrogens (tertiary/aromatic N) is 2. The number of hydrogen-bond donors (Lipinski definition) is 0. The second kappa shape index (κ2) is 12.3. The fraction of sp³-hybridized carbons (Fsp3) is 0.0182. The Balaban J connectivity index is 1.11. The van der Waals surface area contributed by atoms with Crippen molar-refractivity contribution in [3.8, 4) is 33.6 Å². The molecule has 0 unspecified atom stereocenters. The van der Waals surface area contributed by atoms with Crippen LogP contribution >= 0.6 is 0 Å². The quantitative estimate of drug-likeness (QED) is 0.167. The molecule has 266 valence electrons. The zero-order valence-electron chi connectivity index (χ0n) is 31.2. The lowest BCUT2D eigenvalue weighted by molar-refractivity contribution is 0.762. The van der Waals surface area contributed by atoms with Crippen molar-refractivity contribution in [3.05, 3.63) is 241 Å². The number of rotatable bonds is 5. The Labute approximate surface area is 331 Å². The van der Waals surface area contributed by atoms with Crippen LogP contribution in [0.1, 0.15) is 22.3 Å². The first-order valence-corrected chi connectivity index (χ1v) is 19.8. The molecule has 0 saturated heterocycles. The van der Waals surface area contributed by atoms with E-state index in [4.69, 9.17) is 0 Å². The fourth-order valence-corrected chi connectivity index (χ4v) is 10.1. The topological polar surface area (TPSA) is 9.86 Å². The predicted molar refractivity (Wildman–Crippen MR) is 238 cm³/mol. The minimum atomic E-state index is -0.517. The van der Waals surface area contributed by atoms with Gasteiger partial charge in [0.05, 0.1) is 33.2 Å². The van der Waals surface area contributed by atoms with Crippen LogP contribution < -0.4 is 0 Å². The minimum absolute atomic E-state index is 0.517. The second-order valence-electron chi connectivity index (χ2n) is 15.2. The van der Waals surface area contributed by atoms with Gasteiger partial charge in [-0.3, -0.25) is 0 Å². The standard InChI is InChI=1S/C55H36N2/c1-4-17-39(18-5-1)55(40-19-6-2-7-20-40)48-27-13-10-23-42(48)45-26-16-30-53(54(45)55)57-50-29-15-12-25-44(50)47-36-38(32-34-52(47)57)37-31-33-51-46(35-37)43-24-11-14-28-49(43)56(51)41-21-8-3-9-22-41/h1-36H. The largest absolute Gasteiger partial charge is 0.309 e. The number of fused-ring (bicyclic) bond motifs is 9. The van der Waals surface area contributed by atoms with Gasteiger partial charge >= 0.3 is 0 Å². The summed E-state index contributed by atoms with van der Waals surface area (Å²) in [6.45, 7) is 0. The summed E-state index contributed by atoms with van der Waals surface area (Å²) in [5.74, 6) is 0. The number of benzene rings is 9. The van der Waals surface area contributed by atoms with Crippen molar-refractivity contribution >= 4 is 43.6 Å². The highest BCUT2D eigenvalue weighted by molar-refractivity contribution is 6.13. The first kappa shape index (κ1) is 31.9. The Hall–Kier alpha value is -7.42. The van der Waals surface area contributed by atoms with Gasteiger partial charge < -0.3 is 9.13 Å². The minimum Gasteiger partial charge on any atom is -0.309 e. The molecule has 2 heterocycles. The van der Waals surface area contributed by atoms with E-state index in [0.29, 0.717) is 0 Å². The first-order chi connectivity index (χ1) is 28.3. The van der Waals surface area contributed by atoms with Gasteiger partial charge in [-0.05, 0) is 93.5 Å². The van der Waals surface area contributed by atoms with Crippen molar-refractivity contribution in [1.82, 2.24) is 9.13 Å². The Kier molecular flexibility index (Phi) is 6.88. The van der Waals surface area contributed by atoms with E-state index < -0.39 is 5.41 Å². The van der Waals surface area contributed by atoms with Crippen LogP contribution in [-0.2, 0) is 5.41 Å². The average molecular weight is 725 g/mol. The lowest BCUT2D eigenvalue weighted by Crippen LogP contribution is -2.29. The molecule has 2 heteroatoms. The van der Waals surface area contributed by atoms with Crippen LogP contribution in [0.3, 0.4) is 0 Å². The molecule has 0 atom stereocenters. The highest BCUT2D eigenvalue weighted by Gasteiger charge is 2.48. The molecule has 1 aliphatic carbocycles.